The van der Waals surface area contributed by atoms with Gasteiger partial charge in [-0.3, -0.25) is 4.79 Å². The number of carboxylic acids is 1. The molecule has 1 aliphatic rings. The molecule has 2 N–H and O–H groups in total. The van der Waals surface area contributed by atoms with Crippen LogP contribution in [0, 0.1) is 5.92 Å². The Morgan fingerprint density at radius 2 is 2.11 bits per heavy atom. The Hall–Kier alpha value is -0.340. The van der Waals surface area contributed by atoms with Gasteiger partial charge in [-0.25, -0.2) is 13.1 Å². The summed E-state index contributed by atoms with van der Waals surface area (Å²) in [6, 6.07) is 0.918. The van der Waals surface area contributed by atoms with Gasteiger partial charge >= 0.3 is 5.97 Å². The van der Waals surface area contributed by atoms with Crippen molar-refractivity contribution in [2.75, 3.05) is 0 Å². The summed E-state index contributed by atoms with van der Waals surface area (Å²) in [5.74, 6) is -1.38. The SMILES string of the molecule is O=C(O)C1CCC(NS(=O)(=O)c2cc(Cl)sc2Cl)C1. The first-order valence-electron chi connectivity index (χ1n) is 5.49. The average Bonchev–Trinajstić information content (AvgIpc) is 2.85. The van der Waals surface area contributed by atoms with E-state index in [2.05, 4.69) is 4.72 Å². The Labute approximate surface area is 124 Å². The zero-order chi connectivity index (χ0) is 14.2. The number of aliphatic carboxylic acids is 1. The van der Waals surface area contributed by atoms with Crippen molar-refractivity contribution < 1.29 is 18.3 Å². The maximum atomic E-state index is 12.1. The molecule has 1 aromatic heterocycles. The number of rotatable bonds is 4. The van der Waals surface area contributed by atoms with Crippen molar-refractivity contribution in [3.63, 3.8) is 0 Å². The van der Waals surface area contributed by atoms with Gasteiger partial charge in [-0.1, -0.05) is 23.2 Å². The average molecular weight is 344 g/mol. The first kappa shape index (κ1) is 15.1. The second-order valence-electron chi connectivity index (χ2n) is 4.35. The minimum absolute atomic E-state index is 0.0528. The van der Waals surface area contributed by atoms with Crippen LogP contribution in [0.5, 0.6) is 0 Å². The highest BCUT2D eigenvalue weighted by Crippen LogP contribution is 2.35. The van der Waals surface area contributed by atoms with Gasteiger partial charge in [-0.15, -0.1) is 11.3 Å². The molecule has 0 spiro atoms. The number of halogens is 2. The Bertz CT molecular complexity index is 599. The molecule has 1 fully saturated rings. The molecule has 2 atom stereocenters. The van der Waals surface area contributed by atoms with Gasteiger partial charge in [-0.05, 0) is 25.3 Å². The van der Waals surface area contributed by atoms with E-state index in [-0.39, 0.29) is 15.3 Å². The van der Waals surface area contributed by atoms with Crippen molar-refractivity contribution in [1.82, 2.24) is 4.72 Å². The lowest BCUT2D eigenvalue weighted by Crippen LogP contribution is -2.33. The van der Waals surface area contributed by atoms with Crippen molar-refractivity contribution in [3.8, 4) is 0 Å². The van der Waals surface area contributed by atoms with E-state index in [4.69, 9.17) is 28.3 Å². The molecule has 9 heteroatoms. The van der Waals surface area contributed by atoms with Crippen LogP contribution >= 0.6 is 34.5 Å². The predicted molar refractivity (Wildman–Crippen MR) is 73.4 cm³/mol. The highest BCUT2D eigenvalue weighted by atomic mass is 35.5. The van der Waals surface area contributed by atoms with Gasteiger partial charge in [0.15, 0.2) is 0 Å². The molecule has 0 saturated heterocycles. The van der Waals surface area contributed by atoms with Crippen molar-refractivity contribution in [1.29, 1.82) is 0 Å². The molecule has 0 aromatic carbocycles. The summed E-state index contributed by atoms with van der Waals surface area (Å²) >= 11 is 12.5. The Morgan fingerprint density at radius 1 is 1.42 bits per heavy atom. The second-order valence-corrected chi connectivity index (χ2v) is 8.32. The molecule has 0 bridgehead atoms. The second kappa shape index (κ2) is 5.57. The standard InChI is InChI=1S/C10H11Cl2NO4S2/c11-8-4-7(9(12)18-8)19(16,17)13-6-2-1-5(3-6)10(14)15/h4-6,13H,1-3H2,(H,14,15). The van der Waals surface area contributed by atoms with Crippen LogP contribution in [0.2, 0.25) is 8.67 Å². The van der Waals surface area contributed by atoms with E-state index in [0.29, 0.717) is 23.6 Å². The topological polar surface area (TPSA) is 83.5 Å². The normalized spacial score (nSPS) is 23.7. The predicted octanol–water partition coefficient (Wildman–Crippen LogP) is 2.59. The first-order chi connectivity index (χ1) is 8.79. The number of sulfonamides is 1. The van der Waals surface area contributed by atoms with Gasteiger partial charge in [0, 0.05) is 6.04 Å². The molecular weight excluding hydrogens is 333 g/mol. The van der Waals surface area contributed by atoms with Gasteiger partial charge in [0.1, 0.15) is 9.23 Å². The molecule has 19 heavy (non-hydrogen) atoms. The van der Waals surface area contributed by atoms with Crippen LogP contribution in [0.4, 0.5) is 0 Å². The molecule has 1 aliphatic carbocycles. The Balaban J connectivity index is 2.11. The molecule has 5 nitrogen and oxygen atoms in total. The molecule has 1 saturated carbocycles. The first-order valence-corrected chi connectivity index (χ1v) is 8.55. The highest BCUT2D eigenvalue weighted by Gasteiger charge is 2.33. The lowest BCUT2D eigenvalue weighted by molar-refractivity contribution is -0.141. The van der Waals surface area contributed by atoms with Crippen molar-refractivity contribution in [3.05, 3.63) is 14.7 Å². The maximum Gasteiger partial charge on any atom is 0.306 e. The minimum Gasteiger partial charge on any atom is -0.481 e. The van der Waals surface area contributed by atoms with E-state index < -0.39 is 21.9 Å². The zero-order valence-electron chi connectivity index (χ0n) is 9.60. The van der Waals surface area contributed by atoms with Crippen LogP contribution in [0.3, 0.4) is 0 Å². The van der Waals surface area contributed by atoms with Gasteiger partial charge < -0.3 is 5.11 Å². The lowest BCUT2D eigenvalue weighted by Gasteiger charge is -2.12. The third kappa shape index (κ3) is 3.41. The molecule has 0 aliphatic heterocycles. The highest BCUT2D eigenvalue weighted by molar-refractivity contribution is 7.89. The van der Waals surface area contributed by atoms with Crippen LogP contribution in [-0.2, 0) is 14.8 Å². The Kier molecular flexibility index (Phi) is 4.42. The summed E-state index contributed by atoms with van der Waals surface area (Å²) in [6.45, 7) is 0. The number of carboxylic acid groups (broad SMARTS) is 1. The molecule has 2 unspecified atom stereocenters. The molecule has 0 radical (unpaired) electrons. The van der Waals surface area contributed by atoms with Gasteiger partial charge in [0.2, 0.25) is 10.0 Å². The summed E-state index contributed by atoms with van der Waals surface area (Å²) < 4.78 is 27.1. The van der Waals surface area contributed by atoms with Crippen LogP contribution in [0.1, 0.15) is 19.3 Å². The largest absolute Gasteiger partial charge is 0.481 e. The van der Waals surface area contributed by atoms with E-state index in [9.17, 15) is 13.2 Å². The fraction of sp³-hybridized carbons (Fsp3) is 0.500. The fourth-order valence-corrected chi connectivity index (χ4v) is 5.54. The zero-order valence-corrected chi connectivity index (χ0v) is 12.7. The summed E-state index contributed by atoms with van der Waals surface area (Å²) in [7, 11) is -3.75. The molecule has 1 heterocycles. The number of nitrogens with one attached hydrogen (secondary N) is 1. The summed E-state index contributed by atoms with van der Waals surface area (Å²) in [5, 5.41) is 8.88. The van der Waals surface area contributed by atoms with Gasteiger partial charge in [0.05, 0.1) is 10.3 Å². The van der Waals surface area contributed by atoms with Crippen molar-refractivity contribution >= 4 is 50.5 Å². The number of thiophene rings is 1. The summed E-state index contributed by atoms with van der Waals surface area (Å²) in [5.41, 5.74) is 0. The van der Waals surface area contributed by atoms with Crippen LogP contribution in [0.25, 0.3) is 0 Å². The van der Waals surface area contributed by atoms with E-state index >= 15 is 0 Å². The smallest absolute Gasteiger partial charge is 0.306 e. The van der Waals surface area contributed by atoms with Crippen molar-refractivity contribution in [2.24, 2.45) is 5.92 Å². The Morgan fingerprint density at radius 3 is 2.58 bits per heavy atom. The summed E-state index contributed by atoms with van der Waals surface area (Å²) in [4.78, 5) is 10.8. The third-order valence-corrected chi connectivity index (χ3v) is 6.29. The van der Waals surface area contributed by atoms with E-state index in [0.717, 1.165) is 11.3 Å². The van der Waals surface area contributed by atoms with Crippen molar-refractivity contribution in [2.45, 2.75) is 30.2 Å². The van der Waals surface area contributed by atoms with Crippen LogP contribution in [-0.4, -0.2) is 25.5 Å². The number of carbonyl (C=O) groups is 1. The number of hydrogen-bond acceptors (Lipinski definition) is 4. The van der Waals surface area contributed by atoms with Crippen LogP contribution < -0.4 is 4.72 Å². The van der Waals surface area contributed by atoms with E-state index in [1.807, 2.05) is 0 Å². The van der Waals surface area contributed by atoms with E-state index in [1.165, 1.54) is 6.07 Å². The quantitative estimate of drug-likeness (QED) is 0.879. The number of hydrogen-bond donors (Lipinski definition) is 2. The lowest BCUT2D eigenvalue weighted by atomic mass is 10.1. The molecule has 0 amide bonds. The van der Waals surface area contributed by atoms with Gasteiger partial charge in [0.25, 0.3) is 0 Å². The monoisotopic (exact) mass is 343 g/mol. The van der Waals surface area contributed by atoms with Gasteiger partial charge in [-0.2, -0.15) is 0 Å². The molecule has 2 rings (SSSR count). The maximum absolute atomic E-state index is 12.1. The molecular formula is C10H11Cl2NO4S2. The fourth-order valence-electron chi connectivity index (χ4n) is 2.10. The molecule has 106 valence electrons. The molecule has 1 aromatic rings. The third-order valence-electron chi connectivity index (χ3n) is 3.02. The minimum atomic E-state index is -3.75. The van der Waals surface area contributed by atoms with E-state index in [1.54, 1.807) is 0 Å². The summed E-state index contributed by atoms with van der Waals surface area (Å²) in [6.07, 6.45) is 1.27. The van der Waals surface area contributed by atoms with Crippen LogP contribution in [0.15, 0.2) is 11.0 Å².